The molecule has 0 saturated carbocycles. The first kappa shape index (κ1) is 10.4. The SMILES string of the molecule is CC(=O)NCc1cc(C)cc(N)c1O. The van der Waals surface area contributed by atoms with Gasteiger partial charge in [-0.3, -0.25) is 4.79 Å². The lowest BCUT2D eigenvalue weighted by molar-refractivity contribution is -0.119. The molecule has 4 nitrogen and oxygen atoms in total. The Kier molecular flexibility index (Phi) is 2.96. The second-order valence-electron chi connectivity index (χ2n) is 3.27. The number of rotatable bonds is 2. The van der Waals surface area contributed by atoms with Crippen LogP contribution in [0.3, 0.4) is 0 Å². The van der Waals surface area contributed by atoms with Gasteiger partial charge in [-0.25, -0.2) is 0 Å². The molecule has 1 aromatic carbocycles. The number of benzene rings is 1. The van der Waals surface area contributed by atoms with Crippen LogP contribution in [-0.2, 0) is 11.3 Å². The van der Waals surface area contributed by atoms with Crippen molar-refractivity contribution in [3.8, 4) is 5.75 Å². The van der Waals surface area contributed by atoms with Crippen molar-refractivity contribution in [3.63, 3.8) is 0 Å². The van der Waals surface area contributed by atoms with Crippen molar-refractivity contribution in [2.45, 2.75) is 20.4 Å². The summed E-state index contributed by atoms with van der Waals surface area (Å²) in [5.41, 5.74) is 7.50. The average molecular weight is 194 g/mol. The van der Waals surface area contributed by atoms with Gasteiger partial charge in [0.15, 0.2) is 0 Å². The van der Waals surface area contributed by atoms with Crippen molar-refractivity contribution in [2.75, 3.05) is 5.73 Å². The molecule has 0 aliphatic carbocycles. The highest BCUT2D eigenvalue weighted by atomic mass is 16.3. The lowest BCUT2D eigenvalue weighted by atomic mass is 10.1. The third-order valence-electron chi connectivity index (χ3n) is 1.89. The minimum atomic E-state index is -0.135. The summed E-state index contributed by atoms with van der Waals surface area (Å²) >= 11 is 0. The van der Waals surface area contributed by atoms with Gasteiger partial charge in [-0.05, 0) is 18.6 Å². The highest BCUT2D eigenvalue weighted by Crippen LogP contribution is 2.26. The zero-order valence-corrected chi connectivity index (χ0v) is 8.29. The largest absolute Gasteiger partial charge is 0.505 e. The number of phenolic OH excluding ortho intramolecular Hbond substituents is 1. The van der Waals surface area contributed by atoms with Gasteiger partial charge in [0.2, 0.25) is 5.91 Å². The number of aryl methyl sites for hydroxylation is 1. The normalized spacial score (nSPS) is 9.86. The fourth-order valence-corrected chi connectivity index (χ4v) is 1.24. The Hall–Kier alpha value is -1.71. The van der Waals surface area contributed by atoms with Crippen LogP contribution in [0.4, 0.5) is 5.69 Å². The van der Waals surface area contributed by atoms with E-state index in [1.807, 2.05) is 6.92 Å². The first-order chi connectivity index (χ1) is 6.50. The van der Waals surface area contributed by atoms with E-state index in [1.165, 1.54) is 6.92 Å². The molecule has 76 valence electrons. The number of hydrogen-bond acceptors (Lipinski definition) is 3. The first-order valence-electron chi connectivity index (χ1n) is 4.33. The Morgan fingerprint density at radius 1 is 1.57 bits per heavy atom. The number of amides is 1. The summed E-state index contributed by atoms with van der Waals surface area (Å²) in [6.07, 6.45) is 0. The van der Waals surface area contributed by atoms with Gasteiger partial charge in [0, 0.05) is 19.0 Å². The maximum absolute atomic E-state index is 10.7. The van der Waals surface area contributed by atoms with Crippen molar-refractivity contribution >= 4 is 11.6 Å². The lowest BCUT2D eigenvalue weighted by Gasteiger charge is -2.08. The zero-order valence-electron chi connectivity index (χ0n) is 8.29. The summed E-state index contributed by atoms with van der Waals surface area (Å²) in [6.45, 7) is 3.61. The van der Waals surface area contributed by atoms with Crippen LogP contribution >= 0.6 is 0 Å². The van der Waals surface area contributed by atoms with Gasteiger partial charge >= 0.3 is 0 Å². The van der Waals surface area contributed by atoms with Crippen LogP contribution in [-0.4, -0.2) is 11.0 Å². The van der Waals surface area contributed by atoms with E-state index in [0.29, 0.717) is 17.8 Å². The fraction of sp³-hybridized carbons (Fsp3) is 0.300. The van der Waals surface area contributed by atoms with E-state index < -0.39 is 0 Å². The number of nitrogens with two attached hydrogens (primary N) is 1. The molecular formula is C10H14N2O2. The van der Waals surface area contributed by atoms with Crippen molar-refractivity contribution in [1.29, 1.82) is 0 Å². The van der Waals surface area contributed by atoms with E-state index in [0.717, 1.165) is 5.56 Å². The van der Waals surface area contributed by atoms with Crippen LogP contribution in [0.5, 0.6) is 5.75 Å². The molecule has 0 aliphatic heterocycles. The van der Waals surface area contributed by atoms with Crippen LogP contribution in [0.15, 0.2) is 12.1 Å². The molecule has 4 N–H and O–H groups in total. The second-order valence-corrected chi connectivity index (χ2v) is 3.27. The van der Waals surface area contributed by atoms with Crippen molar-refractivity contribution in [1.82, 2.24) is 5.32 Å². The monoisotopic (exact) mass is 194 g/mol. The number of phenols is 1. The molecule has 0 atom stereocenters. The van der Waals surface area contributed by atoms with Gasteiger partial charge < -0.3 is 16.2 Å². The number of anilines is 1. The maximum atomic E-state index is 10.7. The number of carbonyl (C=O) groups excluding carboxylic acids is 1. The predicted molar refractivity (Wildman–Crippen MR) is 54.8 cm³/mol. The van der Waals surface area contributed by atoms with Crippen LogP contribution in [0.1, 0.15) is 18.1 Å². The average Bonchev–Trinajstić information content (AvgIpc) is 2.08. The van der Waals surface area contributed by atoms with Crippen LogP contribution in [0, 0.1) is 6.92 Å². The third-order valence-corrected chi connectivity index (χ3v) is 1.89. The van der Waals surface area contributed by atoms with Crippen LogP contribution in [0.2, 0.25) is 0 Å². The van der Waals surface area contributed by atoms with E-state index in [-0.39, 0.29) is 11.7 Å². The molecule has 1 rings (SSSR count). The molecule has 0 fully saturated rings. The first-order valence-corrected chi connectivity index (χ1v) is 4.33. The molecule has 0 saturated heterocycles. The minimum Gasteiger partial charge on any atom is -0.505 e. The summed E-state index contributed by atoms with van der Waals surface area (Å²) in [5, 5.41) is 12.2. The molecule has 0 aliphatic rings. The number of nitrogen functional groups attached to an aromatic ring is 1. The van der Waals surface area contributed by atoms with Crippen molar-refractivity contribution in [3.05, 3.63) is 23.3 Å². The van der Waals surface area contributed by atoms with E-state index in [2.05, 4.69) is 5.32 Å². The van der Waals surface area contributed by atoms with E-state index in [9.17, 15) is 9.90 Å². The zero-order chi connectivity index (χ0) is 10.7. The fourth-order valence-electron chi connectivity index (χ4n) is 1.24. The smallest absolute Gasteiger partial charge is 0.217 e. The topological polar surface area (TPSA) is 75.4 Å². The third kappa shape index (κ3) is 2.39. The number of carbonyl (C=O) groups is 1. The van der Waals surface area contributed by atoms with E-state index >= 15 is 0 Å². The van der Waals surface area contributed by atoms with E-state index in [1.54, 1.807) is 12.1 Å². The summed E-state index contributed by atoms with van der Waals surface area (Å²) in [5.74, 6) is -0.0890. The molecule has 14 heavy (non-hydrogen) atoms. The highest BCUT2D eigenvalue weighted by molar-refractivity contribution is 5.73. The minimum absolute atomic E-state index is 0.0457. The Balaban J connectivity index is 2.90. The van der Waals surface area contributed by atoms with E-state index in [4.69, 9.17) is 5.73 Å². The maximum Gasteiger partial charge on any atom is 0.217 e. The highest BCUT2D eigenvalue weighted by Gasteiger charge is 2.06. The standard InChI is InChI=1S/C10H14N2O2/c1-6-3-8(5-12-7(2)13)10(14)9(11)4-6/h3-4,14H,5,11H2,1-2H3,(H,12,13). The summed E-state index contributed by atoms with van der Waals surface area (Å²) < 4.78 is 0. The van der Waals surface area contributed by atoms with Gasteiger partial charge in [0.1, 0.15) is 5.75 Å². The van der Waals surface area contributed by atoms with Gasteiger partial charge in [0.25, 0.3) is 0 Å². The number of hydrogen-bond donors (Lipinski definition) is 3. The molecular weight excluding hydrogens is 180 g/mol. The number of aromatic hydroxyl groups is 1. The van der Waals surface area contributed by atoms with Crippen LogP contribution < -0.4 is 11.1 Å². The molecule has 0 aromatic heterocycles. The molecule has 1 aromatic rings. The Morgan fingerprint density at radius 2 is 2.21 bits per heavy atom. The summed E-state index contributed by atoms with van der Waals surface area (Å²) in [4.78, 5) is 10.7. The summed E-state index contributed by atoms with van der Waals surface area (Å²) in [7, 11) is 0. The van der Waals surface area contributed by atoms with Crippen molar-refractivity contribution < 1.29 is 9.90 Å². The number of nitrogens with one attached hydrogen (secondary N) is 1. The molecule has 4 heteroatoms. The molecule has 0 heterocycles. The Labute approximate surface area is 82.7 Å². The molecule has 0 unspecified atom stereocenters. The molecule has 1 amide bonds. The van der Waals surface area contributed by atoms with Gasteiger partial charge in [-0.15, -0.1) is 0 Å². The second kappa shape index (κ2) is 4.00. The van der Waals surface area contributed by atoms with Crippen LogP contribution in [0.25, 0.3) is 0 Å². The van der Waals surface area contributed by atoms with Gasteiger partial charge in [-0.2, -0.15) is 0 Å². The molecule has 0 radical (unpaired) electrons. The summed E-state index contributed by atoms with van der Waals surface area (Å²) in [6, 6.07) is 3.48. The van der Waals surface area contributed by atoms with Gasteiger partial charge in [-0.1, -0.05) is 6.07 Å². The van der Waals surface area contributed by atoms with Crippen molar-refractivity contribution in [2.24, 2.45) is 0 Å². The molecule has 0 spiro atoms. The van der Waals surface area contributed by atoms with Gasteiger partial charge in [0.05, 0.1) is 5.69 Å². The quantitative estimate of drug-likeness (QED) is 0.484. The predicted octanol–water partition coefficient (Wildman–Crippen LogP) is 0.919. The molecule has 0 bridgehead atoms. The lowest BCUT2D eigenvalue weighted by Crippen LogP contribution is -2.19. The Morgan fingerprint density at radius 3 is 2.79 bits per heavy atom. The Bertz CT molecular complexity index is 361.